The van der Waals surface area contributed by atoms with Gasteiger partial charge in [0.25, 0.3) is 0 Å². The number of carbonyl (C=O) groups excluding carboxylic acids is 1. The third-order valence-corrected chi connectivity index (χ3v) is 4.26. The smallest absolute Gasteiger partial charge is 0.248 e. The molecule has 2 rings (SSSR count). The summed E-state index contributed by atoms with van der Waals surface area (Å²) in [4.78, 5) is 11.1. The largest absolute Gasteiger partial charge is 0.368 e. The zero-order chi connectivity index (χ0) is 13.2. The van der Waals surface area contributed by atoms with Crippen LogP contribution in [0.2, 0.25) is 0 Å². The number of carbonyl (C=O) groups is 1. The number of piperidine rings is 1. The van der Waals surface area contributed by atoms with Crippen LogP contribution < -0.4 is 11.1 Å². The van der Waals surface area contributed by atoms with Gasteiger partial charge in [-0.1, -0.05) is 6.42 Å². The molecule has 0 bridgehead atoms. The summed E-state index contributed by atoms with van der Waals surface area (Å²) in [7, 11) is 0. The molecule has 2 fully saturated rings. The first-order valence-corrected chi connectivity index (χ1v) is 6.87. The van der Waals surface area contributed by atoms with E-state index in [1.807, 2.05) is 0 Å². The van der Waals surface area contributed by atoms with Gasteiger partial charge in [0.05, 0.1) is 6.04 Å². The molecule has 3 N–H and O–H groups in total. The molecule has 1 aliphatic carbocycles. The van der Waals surface area contributed by atoms with Gasteiger partial charge in [0, 0.05) is 12.8 Å². The highest BCUT2D eigenvalue weighted by molar-refractivity contribution is 5.79. The summed E-state index contributed by atoms with van der Waals surface area (Å²) < 4.78 is 26.7. The molecule has 0 aromatic carbocycles. The van der Waals surface area contributed by atoms with Gasteiger partial charge in [-0.15, -0.1) is 0 Å². The number of amides is 1. The Morgan fingerprint density at radius 3 is 2.78 bits per heavy atom. The monoisotopic (exact) mass is 260 g/mol. The highest BCUT2D eigenvalue weighted by atomic mass is 19.3. The lowest BCUT2D eigenvalue weighted by Gasteiger charge is -2.34. The van der Waals surface area contributed by atoms with E-state index >= 15 is 0 Å². The maximum Gasteiger partial charge on any atom is 0.248 e. The lowest BCUT2D eigenvalue weighted by atomic mass is 9.77. The van der Waals surface area contributed by atoms with Crippen LogP contribution in [0.4, 0.5) is 8.78 Å². The van der Waals surface area contributed by atoms with E-state index in [9.17, 15) is 13.6 Å². The molecule has 3 unspecified atom stereocenters. The van der Waals surface area contributed by atoms with Crippen LogP contribution in [0.1, 0.15) is 44.9 Å². The summed E-state index contributed by atoms with van der Waals surface area (Å²) in [6, 6.07) is -0.271. The van der Waals surface area contributed by atoms with Crippen LogP contribution in [0.15, 0.2) is 0 Å². The number of halogens is 2. The standard InChI is InChI=1S/C13H22F2N2O/c14-13(15)4-1-2-10(8-13)6-9-3-5-17-11(7-9)12(16)18/h9-11,17H,1-8H2,(H2,16,18). The summed E-state index contributed by atoms with van der Waals surface area (Å²) >= 11 is 0. The second-order valence-corrected chi connectivity index (χ2v) is 5.85. The maximum absolute atomic E-state index is 13.3. The lowest BCUT2D eigenvalue weighted by molar-refractivity contribution is -0.121. The van der Waals surface area contributed by atoms with E-state index in [4.69, 9.17) is 5.73 Å². The van der Waals surface area contributed by atoms with Crippen LogP contribution in [0.5, 0.6) is 0 Å². The summed E-state index contributed by atoms with van der Waals surface area (Å²) in [6.45, 7) is 0.765. The Bertz CT molecular complexity index is 309. The average Bonchev–Trinajstić information content (AvgIpc) is 2.28. The van der Waals surface area contributed by atoms with Gasteiger partial charge in [0.2, 0.25) is 11.8 Å². The topological polar surface area (TPSA) is 55.1 Å². The van der Waals surface area contributed by atoms with Crippen molar-refractivity contribution in [2.45, 2.75) is 56.9 Å². The van der Waals surface area contributed by atoms with Gasteiger partial charge < -0.3 is 11.1 Å². The summed E-state index contributed by atoms with van der Waals surface area (Å²) in [6.07, 6.45) is 4.09. The number of rotatable bonds is 3. The minimum absolute atomic E-state index is 0.0260. The quantitative estimate of drug-likeness (QED) is 0.816. The van der Waals surface area contributed by atoms with Crippen LogP contribution in [-0.4, -0.2) is 24.4 Å². The Balaban J connectivity index is 1.83. The van der Waals surface area contributed by atoms with Crippen LogP contribution in [0.25, 0.3) is 0 Å². The Kier molecular flexibility index (Phi) is 4.20. The first-order valence-electron chi connectivity index (χ1n) is 6.87. The fourth-order valence-electron chi connectivity index (χ4n) is 3.38. The molecule has 3 nitrogen and oxygen atoms in total. The minimum atomic E-state index is -2.47. The molecule has 3 atom stereocenters. The number of hydrogen-bond acceptors (Lipinski definition) is 2. The Morgan fingerprint density at radius 2 is 2.11 bits per heavy atom. The molecule has 18 heavy (non-hydrogen) atoms. The minimum Gasteiger partial charge on any atom is -0.368 e. The van der Waals surface area contributed by atoms with Crippen molar-refractivity contribution in [1.82, 2.24) is 5.32 Å². The van der Waals surface area contributed by atoms with E-state index in [1.165, 1.54) is 0 Å². The number of primary amides is 1. The molecule has 1 saturated carbocycles. The fraction of sp³-hybridized carbons (Fsp3) is 0.923. The Labute approximate surface area is 106 Å². The first-order chi connectivity index (χ1) is 8.46. The Hall–Kier alpha value is -0.710. The van der Waals surface area contributed by atoms with Crippen molar-refractivity contribution in [1.29, 1.82) is 0 Å². The van der Waals surface area contributed by atoms with E-state index in [0.717, 1.165) is 25.8 Å². The number of alkyl halides is 2. The van der Waals surface area contributed by atoms with Gasteiger partial charge in [-0.3, -0.25) is 4.79 Å². The second-order valence-electron chi connectivity index (χ2n) is 5.85. The average molecular weight is 260 g/mol. The lowest BCUT2D eigenvalue weighted by Crippen LogP contribution is -2.47. The third kappa shape index (κ3) is 3.64. The fourth-order valence-corrected chi connectivity index (χ4v) is 3.38. The van der Waals surface area contributed by atoms with Gasteiger partial charge in [-0.2, -0.15) is 0 Å². The number of hydrogen-bond donors (Lipinski definition) is 2. The molecule has 0 aromatic rings. The van der Waals surface area contributed by atoms with E-state index in [2.05, 4.69) is 5.32 Å². The number of nitrogens with two attached hydrogens (primary N) is 1. The first kappa shape index (κ1) is 13.7. The molecule has 0 radical (unpaired) electrons. The van der Waals surface area contributed by atoms with E-state index in [1.54, 1.807) is 0 Å². The molecular weight excluding hydrogens is 238 g/mol. The van der Waals surface area contributed by atoms with Gasteiger partial charge in [0.1, 0.15) is 0 Å². The van der Waals surface area contributed by atoms with E-state index < -0.39 is 5.92 Å². The molecule has 0 spiro atoms. The molecule has 1 heterocycles. The van der Waals surface area contributed by atoms with Crippen LogP contribution >= 0.6 is 0 Å². The molecule has 0 aromatic heterocycles. The normalized spacial score (nSPS) is 36.2. The summed E-state index contributed by atoms with van der Waals surface area (Å²) in [5.74, 6) is -2.32. The van der Waals surface area contributed by atoms with Crippen molar-refractivity contribution in [3.05, 3.63) is 0 Å². The Morgan fingerprint density at radius 1 is 1.33 bits per heavy atom. The molecule has 104 valence electrons. The highest BCUT2D eigenvalue weighted by Gasteiger charge is 2.37. The zero-order valence-electron chi connectivity index (χ0n) is 10.6. The molecule has 1 amide bonds. The van der Waals surface area contributed by atoms with Crippen molar-refractivity contribution in [3.8, 4) is 0 Å². The van der Waals surface area contributed by atoms with Gasteiger partial charge >= 0.3 is 0 Å². The predicted molar refractivity (Wildman–Crippen MR) is 65.2 cm³/mol. The van der Waals surface area contributed by atoms with Gasteiger partial charge in [-0.25, -0.2) is 8.78 Å². The van der Waals surface area contributed by atoms with Crippen LogP contribution in [0.3, 0.4) is 0 Å². The molecule has 2 aliphatic rings. The van der Waals surface area contributed by atoms with Crippen molar-refractivity contribution in [2.24, 2.45) is 17.6 Å². The molecular formula is C13H22F2N2O. The van der Waals surface area contributed by atoms with Crippen LogP contribution in [-0.2, 0) is 4.79 Å². The van der Waals surface area contributed by atoms with Crippen molar-refractivity contribution >= 4 is 5.91 Å². The van der Waals surface area contributed by atoms with Crippen molar-refractivity contribution < 1.29 is 13.6 Å². The zero-order valence-corrected chi connectivity index (χ0v) is 10.6. The third-order valence-electron chi connectivity index (χ3n) is 4.26. The molecule has 5 heteroatoms. The molecule has 1 aliphatic heterocycles. The number of nitrogens with one attached hydrogen (secondary N) is 1. The summed E-state index contributed by atoms with van der Waals surface area (Å²) in [5.41, 5.74) is 5.28. The van der Waals surface area contributed by atoms with Gasteiger partial charge in [-0.05, 0) is 44.1 Å². The predicted octanol–water partition coefficient (Wildman–Crippen LogP) is 2.06. The van der Waals surface area contributed by atoms with E-state index in [-0.39, 0.29) is 30.7 Å². The SMILES string of the molecule is NC(=O)C1CC(CC2CCCC(F)(F)C2)CCN1. The summed E-state index contributed by atoms with van der Waals surface area (Å²) in [5, 5.41) is 3.08. The second kappa shape index (κ2) is 5.51. The molecule has 1 saturated heterocycles. The highest BCUT2D eigenvalue weighted by Crippen LogP contribution is 2.40. The van der Waals surface area contributed by atoms with Crippen LogP contribution in [0, 0.1) is 11.8 Å². The van der Waals surface area contributed by atoms with Crippen molar-refractivity contribution in [2.75, 3.05) is 6.54 Å². The van der Waals surface area contributed by atoms with E-state index in [0.29, 0.717) is 18.8 Å². The maximum atomic E-state index is 13.3. The van der Waals surface area contributed by atoms with Crippen molar-refractivity contribution in [3.63, 3.8) is 0 Å². The van der Waals surface area contributed by atoms with Gasteiger partial charge in [0.15, 0.2) is 0 Å².